The first-order chi connectivity index (χ1) is 7.69. The number of aromatic nitrogens is 2. The quantitative estimate of drug-likeness (QED) is 0.853. The Morgan fingerprint density at radius 2 is 2.00 bits per heavy atom. The highest BCUT2D eigenvalue weighted by Crippen LogP contribution is 2.13. The van der Waals surface area contributed by atoms with E-state index >= 15 is 0 Å². The number of hydrogen-bond donors (Lipinski definition) is 1. The summed E-state index contributed by atoms with van der Waals surface area (Å²) < 4.78 is 5.41. The molecule has 0 atom stereocenters. The molecule has 0 radical (unpaired) electrons. The summed E-state index contributed by atoms with van der Waals surface area (Å²) in [5.74, 6) is 1.38. The Bertz CT molecular complexity index is 492. The van der Waals surface area contributed by atoms with Crippen molar-refractivity contribution in [1.29, 1.82) is 0 Å². The highest BCUT2D eigenvalue weighted by Gasteiger charge is 2.07. The summed E-state index contributed by atoms with van der Waals surface area (Å²) in [4.78, 5) is 8.67. The molecule has 16 heavy (non-hydrogen) atoms. The van der Waals surface area contributed by atoms with Gasteiger partial charge in [-0.15, -0.1) is 0 Å². The van der Waals surface area contributed by atoms with Gasteiger partial charge in [0.1, 0.15) is 18.1 Å². The number of hydrogen-bond acceptors (Lipinski definition) is 4. The van der Waals surface area contributed by atoms with E-state index in [9.17, 15) is 0 Å². The molecule has 0 aliphatic carbocycles. The zero-order valence-electron chi connectivity index (χ0n) is 9.40. The van der Waals surface area contributed by atoms with Gasteiger partial charge in [-0.25, -0.2) is 0 Å². The molecule has 2 aromatic rings. The molecule has 0 saturated heterocycles. The Labute approximate surface area is 94.0 Å². The minimum absolute atomic E-state index is 0.0710. The van der Waals surface area contributed by atoms with Crippen LogP contribution in [0.2, 0.25) is 0 Å². The van der Waals surface area contributed by atoms with Crippen molar-refractivity contribution >= 4 is 0 Å². The number of nitrogens with zero attached hydrogens (tertiary/aromatic N) is 2. The van der Waals surface area contributed by atoms with E-state index in [0.717, 1.165) is 22.8 Å². The third-order valence-corrected chi connectivity index (χ3v) is 2.39. The number of furan rings is 1. The lowest BCUT2D eigenvalue weighted by atomic mass is 10.2. The zero-order chi connectivity index (χ0) is 11.5. The predicted molar refractivity (Wildman–Crippen MR) is 58.9 cm³/mol. The van der Waals surface area contributed by atoms with Gasteiger partial charge < -0.3 is 9.52 Å². The first-order valence-electron chi connectivity index (χ1n) is 5.16. The molecule has 1 N–H and O–H groups in total. The number of rotatable bonds is 3. The van der Waals surface area contributed by atoms with E-state index in [-0.39, 0.29) is 6.61 Å². The molecular formula is C12H14N2O2. The smallest absolute Gasteiger partial charge is 0.129 e. The highest BCUT2D eigenvalue weighted by atomic mass is 16.4. The van der Waals surface area contributed by atoms with Crippen LogP contribution in [0.5, 0.6) is 0 Å². The molecule has 2 aromatic heterocycles. The fraction of sp³-hybridized carbons (Fsp3) is 0.333. The SMILES string of the molecule is Cc1cnc(C)c(Cc2ccc(CO)o2)n1. The molecule has 0 fully saturated rings. The van der Waals surface area contributed by atoms with E-state index in [2.05, 4.69) is 9.97 Å². The summed E-state index contributed by atoms with van der Waals surface area (Å²) in [5.41, 5.74) is 2.72. The van der Waals surface area contributed by atoms with Crippen molar-refractivity contribution in [3.8, 4) is 0 Å². The van der Waals surface area contributed by atoms with Crippen LogP contribution in [0.25, 0.3) is 0 Å². The fourth-order valence-corrected chi connectivity index (χ4v) is 1.52. The molecule has 2 rings (SSSR count). The van der Waals surface area contributed by atoms with Crippen molar-refractivity contribution in [2.24, 2.45) is 0 Å². The van der Waals surface area contributed by atoms with Crippen molar-refractivity contribution in [1.82, 2.24) is 9.97 Å². The maximum absolute atomic E-state index is 8.89. The van der Waals surface area contributed by atoms with Gasteiger partial charge in [0.25, 0.3) is 0 Å². The second-order valence-corrected chi connectivity index (χ2v) is 3.75. The molecule has 4 heteroatoms. The Balaban J connectivity index is 2.22. The van der Waals surface area contributed by atoms with E-state index in [1.807, 2.05) is 19.9 Å². The lowest BCUT2D eigenvalue weighted by Crippen LogP contribution is -1.99. The summed E-state index contributed by atoms with van der Waals surface area (Å²) in [6.07, 6.45) is 2.36. The van der Waals surface area contributed by atoms with Crippen molar-refractivity contribution < 1.29 is 9.52 Å². The number of aliphatic hydroxyl groups excluding tert-OH is 1. The molecule has 0 amide bonds. The van der Waals surface area contributed by atoms with Gasteiger partial charge >= 0.3 is 0 Å². The van der Waals surface area contributed by atoms with Gasteiger partial charge in [0.15, 0.2) is 0 Å². The summed E-state index contributed by atoms with van der Waals surface area (Å²) in [6, 6.07) is 3.63. The lowest BCUT2D eigenvalue weighted by molar-refractivity contribution is 0.244. The zero-order valence-corrected chi connectivity index (χ0v) is 9.40. The molecule has 0 spiro atoms. The van der Waals surface area contributed by atoms with Crippen molar-refractivity contribution in [3.63, 3.8) is 0 Å². The number of aliphatic hydroxyl groups is 1. The summed E-state index contributed by atoms with van der Waals surface area (Å²) in [5, 5.41) is 8.89. The lowest BCUT2D eigenvalue weighted by Gasteiger charge is -2.03. The van der Waals surface area contributed by atoms with E-state index < -0.39 is 0 Å². The van der Waals surface area contributed by atoms with Crippen molar-refractivity contribution in [3.05, 3.63) is 46.9 Å². The van der Waals surface area contributed by atoms with Crippen LogP contribution in [-0.4, -0.2) is 15.1 Å². The Morgan fingerprint density at radius 1 is 1.25 bits per heavy atom. The maximum Gasteiger partial charge on any atom is 0.129 e. The van der Waals surface area contributed by atoms with Crippen LogP contribution in [0.4, 0.5) is 0 Å². The monoisotopic (exact) mass is 218 g/mol. The number of aryl methyl sites for hydroxylation is 2. The average molecular weight is 218 g/mol. The third kappa shape index (κ3) is 2.28. The molecule has 0 saturated carbocycles. The fourth-order valence-electron chi connectivity index (χ4n) is 1.52. The van der Waals surface area contributed by atoms with Crippen LogP contribution in [-0.2, 0) is 13.0 Å². The Morgan fingerprint density at radius 3 is 2.69 bits per heavy atom. The molecule has 0 aliphatic rings. The van der Waals surface area contributed by atoms with E-state index in [1.165, 1.54) is 0 Å². The second kappa shape index (κ2) is 4.45. The van der Waals surface area contributed by atoms with Gasteiger partial charge in [0, 0.05) is 12.6 Å². The minimum Gasteiger partial charge on any atom is -0.463 e. The van der Waals surface area contributed by atoms with Crippen LogP contribution in [0.3, 0.4) is 0 Å². The topological polar surface area (TPSA) is 59.2 Å². The highest BCUT2D eigenvalue weighted by molar-refractivity contribution is 5.19. The maximum atomic E-state index is 8.89. The normalized spacial score (nSPS) is 10.7. The van der Waals surface area contributed by atoms with Gasteiger partial charge in [-0.05, 0) is 26.0 Å². The standard InChI is InChI=1S/C12H14N2O2/c1-8-6-13-9(2)12(14-8)5-10-3-4-11(7-15)16-10/h3-4,6,15H,5,7H2,1-2H3. The third-order valence-electron chi connectivity index (χ3n) is 2.39. The predicted octanol–water partition coefficient (Wildman–Crippen LogP) is 1.77. The van der Waals surface area contributed by atoms with Gasteiger partial charge in [0.2, 0.25) is 0 Å². The van der Waals surface area contributed by atoms with Gasteiger partial charge in [0.05, 0.1) is 17.1 Å². The molecule has 4 nitrogen and oxygen atoms in total. The van der Waals surface area contributed by atoms with Crippen LogP contribution in [0.15, 0.2) is 22.7 Å². The first kappa shape index (κ1) is 10.8. The van der Waals surface area contributed by atoms with E-state index in [0.29, 0.717) is 12.2 Å². The summed E-state index contributed by atoms with van der Waals surface area (Å²) in [7, 11) is 0. The van der Waals surface area contributed by atoms with Crippen molar-refractivity contribution in [2.75, 3.05) is 0 Å². The Hall–Kier alpha value is -1.68. The molecule has 2 heterocycles. The van der Waals surface area contributed by atoms with Crippen LogP contribution in [0.1, 0.15) is 28.6 Å². The Kier molecular flexibility index (Phi) is 3.01. The molecule has 0 unspecified atom stereocenters. The van der Waals surface area contributed by atoms with Gasteiger partial charge in [-0.2, -0.15) is 0 Å². The van der Waals surface area contributed by atoms with Crippen molar-refractivity contribution in [2.45, 2.75) is 26.9 Å². The van der Waals surface area contributed by atoms with Crippen LogP contribution < -0.4 is 0 Å². The average Bonchev–Trinajstić information content (AvgIpc) is 2.71. The molecule has 0 bridgehead atoms. The first-order valence-corrected chi connectivity index (χ1v) is 5.16. The van der Waals surface area contributed by atoms with Crippen LogP contribution >= 0.6 is 0 Å². The van der Waals surface area contributed by atoms with Crippen LogP contribution in [0, 0.1) is 13.8 Å². The van der Waals surface area contributed by atoms with E-state index in [4.69, 9.17) is 9.52 Å². The largest absolute Gasteiger partial charge is 0.463 e. The van der Waals surface area contributed by atoms with Gasteiger partial charge in [-0.3, -0.25) is 9.97 Å². The molecule has 84 valence electrons. The molecule has 0 aliphatic heterocycles. The minimum atomic E-state index is -0.0710. The van der Waals surface area contributed by atoms with Gasteiger partial charge in [-0.1, -0.05) is 0 Å². The molecular weight excluding hydrogens is 204 g/mol. The molecule has 0 aromatic carbocycles. The summed E-state index contributed by atoms with van der Waals surface area (Å²) >= 11 is 0. The second-order valence-electron chi connectivity index (χ2n) is 3.75. The van der Waals surface area contributed by atoms with E-state index in [1.54, 1.807) is 12.3 Å². The summed E-state index contributed by atoms with van der Waals surface area (Å²) in [6.45, 7) is 3.77.